The van der Waals surface area contributed by atoms with Gasteiger partial charge < -0.3 is 10.6 Å². The average Bonchev–Trinajstić information content (AvgIpc) is 2.52. The van der Waals surface area contributed by atoms with Crippen molar-refractivity contribution >= 4 is 18.3 Å². The first-order chi connectivity index (χ1) is 10.2. The fourth-order valence-corrected chi connectivity index (χ4v) is 3.03. The van der Waals surface area contributed by atoms with Crippen molar-refractivity contribution in [3.05, 3.63) is 34.9 Å². The normalized spacial score (nSPS) is 15.2. The smallest absolute Gasteiger partial charge is 0.251 e. The van der Waals surface area contributed by atoms with Crippen molar-refractivity contribution in [2.24, 2.45) is 0 Å². The number of piperidine rings is 1. The van der Waals surface area contributed by atoms with Gasteiger partial charge in [0.05, 0.1) is 0 Å². The summed E-state index contributed by atoms with van der Waals surface area (Å²) < 4.78 is 0. The van der Waals surface area contributed by atoms with Crippen LogP contribution >= 0.6 is 12.4 Å². The Labute approximate surface area is 140 Å². The SMILES string of the molecule is CCCCCNC(=O)c1ccc(C)c(C2CCNCC2)c1.Cl. The summed E-state index contributed by atoms with van der Waals surface area (Å²) in [5.41, 5.74) is 3.48. The van der Waals surface area contributed by atoms with Gasteiger partial charge in [-0.05, 0) is 68.5 Å². The molecule has 4 heteroatoms. The summed E-state index contributed by atoms with van der Waals surface area (Å²) in [5.74, 6) is 0.667. The first kappa shape index (κ1) is 19.0. The van der Waals surface area contributed by atoms with Gasteiger partial charge in [-0.2, -0.15) is 0 Å². The van der Waals surface area contributed by atoms with Gasteiger partial charge in [0.25, 0.3) is 5.91 Å². The molecule has 1 aromatic carbocycles. The highest BCUT2D eigenvalue weighted by Crippen LogP contribution is 2.28. The van der Waals surface area contributed by atoms with E-state index in [1.165, 1.54) is 36.8 Å². The van der Waals surface area contributed by atoms with Crippen LogP contribution in [0.1, 0.15) is 66.4 Å². The molecule has 22 heavy (non-hydrogen) atoms. The molecule has 1 fully saturated rings. The van der Waals surface area contributed by atoms with Crippen LogP contribution in [0.25, 0.3) is 0 Å². The highest BCUT2D eigenvalue weighted by atomic mass is 35.5. The monoisotopic (exact) mass is 324 g/mol. The van der Waals surface area contributed by atoms with Crippen LogP contribution in [0.5, 0.6) is 0 Å². The van der Waals surface area contributed by atoms with Crippen LogP contribution in [-0.4, -0.2) is 25.5 Å². The number of benzene rings is 1. The molecule has 0 spiro atoms. The highest BCUT2D eigenvalue weighted by molar-refractivity contribution is 5.94. The minimum Gasteiger partial charge on any atom is -0.352 e. The summed E-state index contributed by atoms with van der Waals surface area (Å²) in [6.07, 6.45) is 5.76. The maximum Gasteiger partial charge on any atom is 0.251 e. The summed E-state index contributed by atoms with van der Waals surface area (Å²) >= 11 is 0. The summed E-state index contributed by atoms with van der Waals surface area (Å²) in [7, 11) is 0. The van der Waals surface area contributed by atoms with Gasteiger partial charge in [0.1, 0.15) is 0 Å². The molecule has 1 aliphatic rings. The van der Waals surface area contributed by atoms with Crippen LogP contribution < -0.4 is 10.6 Å². The third kappa shape index (κ3) is 5.29. The van der Waals surface area contributed by atoms with Crippen molar-refractivity contribution in [1.29, 1.82) is 0 Å². The zero-order valence-corrected chi connectivity index (χ0v) is 14.6. The molecule has 1 heterocycles. The van der Waals surface area contributed by atoms with Crippen molar-refractivity contribution in [3.63, 3.8) is 0 Å². The Morgan fingerprint density at radius 2 is 2.00 bits per heavy atom. The zero-order chi connectivity index (χ0) is 15.1. The molecule has 0 bridgehead atoms. The van der Waals surface area contributed by atoms with Crippen LogP contribution in [0.2, 0.25) is 0 Å². The molecular formula is C18H29ClN2O. The fraction of sp³-hybridized carbons (Fsp3) is 0.611. The molecule has 0 radical (unpaired) electrons. The average molecular weight is 325 g/mol. The standard InChI is InChI=1S/C18H28N2O.ClH/c1-3-4-5-10-20-18(21)16-7-6-14(2)17(13-16)15-8-11-19-12-9-15;/h6-7,13,15,19H,3-5,8-12H2,1-2H3,(H,20,21);1H. The Balaban J connectivity index is 0.00000242. The molecule has 0 aliphatic carbocycles. The second-order valence-corrected chi connectivity index (χ2v) is 6.06. The number of halogens is 1. The zero-order valence-electron chi connectivity index (χ0n) is 13.8. The maximum atomic E-state index is 12.2. The molecule has 1 saturated heterocycles. The van der Waals surface area contributed by atoms with Gasteiger partial charge in [0.2, 0.25) is 0 Å². The van der Waals surface area contributed by atoms with Gasteiger partial charge in [-0.25, -0.2) is 0 Å². The van der Waals surface area contributed by atoms with Crippen molar-refractivity contribution in [2.45, 2.75) is 51.9 Å². The Bertz CT molecular complexity index is 470. The molecule has 1 amide bonds. The first-order valence-corrected chi connectivity index (χ1v) is 8.32. The molecule has 0 atom stereocenters. The lowest BCUT2D eigenvalue weighted by atomic mass is 9.86. The Morgan fingerprint density at radius 3 is 2.68 bits per heavy atom. The number of carbonyl (C=O) groups is 1. The summed E-state index contributed by atoms with van der Waals surface area (Å²) in [4.78, 5) is 12.2. The van der Waals surface area contributed by atoms with E-state index < -0.39 is 0 Å². The largest absolute Gasteiger partial charge is 0.352 e. The van der Waals surface area contributed by atoms with Crippen molar-refractivity contribution in [2.75, 3.05) is 19.6 Å². The number of hydrogen-bond acceptors (Lipinski definition) is 2. The second kappa shape index (κ2) is 9.86. The van der Waals surface area contributed by atoms with E-state index in [-0.39, 0.29) is 18.3 Å². The summed E-state index contributed by atoms with van der Waals surface area (Å²) in [6.45, 7) is 7.27. The predicted octanol–water partition coefficient (Wildman–Crippen LogP) is 3.80. The van der Waals surface area contributed by atoms with E-state index >= 15 is 0 Å². The summed E-state index contributed by atoms with van der Waals surface area (Å²) in [5, 5.41) is 6.43. The Hall–Kier alpha value is -1.06. The minimum atomic E-state index is 0. The molecule has 0 aromatic heterocycles. The van der Waals surface area contributed by atoms with E-state index in [1.807, 2.05) is 6.07 Å². The lowest BCUT2D eigenvalue weighted by Crippen LogP contribution is -2.28. The van der Waals surface area contributed by atoms with Crippen LogP contribution in [0.4, 0.5) is 0 Å². The number of amides is 1. The number of hydrogen-bond donors (Lipinski definition) is 2. The van der Waals surface area contributed by atoms with Gasteiger partial charge in [0, 0.05) is 12.1 Å². The Morgan fingerprint density at radius 1 is 1.27 bits per heavy atom. The van der Waals surface area contributed by atoms with E-state index in [0.717, 1.165) is 31.6 Å². The number of carbonyl (C=O) groups excluding carboxylic acids is 1. The second-order valence-electron chi connectivity index (χ2n) is 6.06. The number of unbranched alkanes of at least 4 members (excludes halogenated alkanes) is 2. The predicted molar refractivity (Wildman–Crippen MR) is 95.1 cm³/mol. The molecule has 2 N–H and O–H groups in total. The van der Waals surface area contributed by atoms with Crippen molar-refractivity contribution < 1.29 is 4.79 Å². The van der Waals surface area contributed by atoms with E-state index in [4.69, 9.17) is 0 Å². The van der Waals surface area contributed by atoms with Crippen molar-refractivity contribution in [1.82, 2.24) is 10.6 Å². The van der Waals surface area contributed by atoms with E-state index in [1.54, 1.807) is 0 Å². The topological polar surface area (TPSA) is 41.1 Å². The maximum absolute atomic E-state index is 12.2. The van der Waals surface area contributed by atoms with Gasteiger partial charge >= 0.3 is 0 Å². The lowest BCUT2D eigenvalue weighted by Gasteiger charge is -2.25. The Kier molecular flexibility index (Phi) is 8.51. The fourth-order valence-electron chi connectivity index (χ4n) is 3.03. The molecule has 124 valence electrons. The molecule has 2 rings (SSSR count). The molecule has 3 nitrogen and oxygen atoms in total. The number of rotatable bonds is 6. The quantitative estimate of drug-likeness (QED) is 0.781. The van der Waals surface area contributed by atoms with Gasteiger partial charge in [0.15, 0.2) is 0 Å². The number of aryl methyl sites for hydroxylation is 1. The van der Waals surface area contributed by atoms with Gasteiger partial charge in [-0.3, -0.25) is 4.79 Å². The molecule has 0 saturated carbocycles. The van der Waals surface area contributed by atoms with Crippen LogP contribution in [-0.2, 0) is 0 Å². The third-order valence-corrected chi connectivity index (χ3v) is 4.39. The molecule has 0 unspecified atom stereocenters. The highest BCUT2D eigenvalue weighted by Gasteiger charge is 2.18. The van der Waals surface area contributed by atoms with Crippen LogP contribution in [0.15, 0.2) is 18.2 Å². The molecule has 1 aromatic rings. The lowest BCUT2D eigenvalue weighted by molar-refractivity contribution is 0.0953. The minimum absolute atomic E-state index is 0. The first-order valence-electron chi connectivity index (χ1n) is 8.32. The van der Waals surface area contributed by atoms with Crippen LogP contribution in [0.3, 0.4) is 0 Å². The van der Waals surface area contributed by atoms with E-state index in [2.05, 4.69) is 36.6 Å². The van der Waals surface area contributed by atoms with Gasteiger partial charge in [-0.1, -0.05) is 25.8 Å². The van der Waals surface area contributed by atoms with Gasteiger partial charge in [-0.15, -0.1) is 12.4 Å². The summed E-state index contributed by atoms with van der Waals surface area (Å²) in [6, 6.07) is 6.16. The molecule has 1 aliphatic heterocycles. The number of nitrogens with one attached hydrogen (secondary N) is 2. The molecular weight excluding hydrogens is 296 g/mol. The van der Waals surface area contributed by atoms with Crippen LogP contribution in [0, 0.1) is 6.92 Å². The van der Waals surface area contributed by atoms with E-state index in [9.17, 15) is 4.79 Å². The third-order valence-electron chi connectivity index (χ3n) is 4.39. The van der Waals surface area contributed by atoms with Crippen molar-refractivity contribution in [3.8, 4) is 0 Å². The van der Waals surface area contributed by atoms with E-state index in [0.29, 0.717) is 5.92 Å².